The molecule has 6 nitrogen and oxygen atoms in total. The van der Waals surface area contributed by atoms with Gasteiger partial charge in [0.2, 0.25) is 0 Å². The molecule has 3 rings (SSSR count). The van der Waals surface area contributed by atoms with Crippen LogP contribution in [0.4, 0.5) is 5.69 Å². The number of anilines is 1. The number of carbonyl (C=O) groups is 1. The standard InChI is InChI=1S/C13H9ClN4O2S/c1-6-2-3-7(14)4-8(6)17-13(20)11-9-10(18-21-11)12(19)16-5-15-9/h2-5H,1H3,(H,17,20)(H,15,16,19). The van der Waals surface area contributed by atoms with Gasteiger partial charge in [0.1, 0.15) is 10.4 Å². The molecule has 2 heterocycles. The van der Waals surface area contributed by atoms with Crippen LogP contribution in [0.15, 0.2) is 29.3 Å². The lowest BCUT2D eigenvalue weighted by Gasteiger charge is -2.07. The average Bonchev–Trinajstić information content (AvgIpc) is 2.88. The maximum Gasteiger partial charge on any atom is 0.278 e. The van der Waals surface area contributed by atoms with E-state index >= 15 is 0 Å². The van der Waals surface area contributed by atoms with Gasteiger partial charge in [-0.3, -0.25) is 9.59 Å². The molecule has 2 aromatic heterocycles. The van der Waals surface area contributed by atoms with Crippen LogP contribution in [0.1, 0.15) is 15.2 Å². The summed E-state index contributed by atoms with van der Waals surface area (Å²) in [5.41, 5.74) is 1.58. The number of halogens is 1. The Morgan fingerprint density at radius 2 is 2.19 bits per heavy atom. The van der Waals surface area contributed by atoms with Crippen LogP contribution in [-0.4, -0.2) is 20.2 Å². The van der Waals surface area contributed by atoms with E-state index in [1.165, 1.54) is 6.33 Å². The fourth-order valence-corrected chi connectivity index (χ4v) is 2.73. The summed E-state index contributed by atoms with van der Waals surface area (Å²) in [6.45, 7) is 1.86. The van der Waals surface area contributed by atoms with Crippen LogP contribution in [0.3, 0.4) is 0 Å². The molecule has 0 unspecified atom stereocenters. The van der Waals surface area contributed by atoms with Crippen molar-refractivity contribution in [3.63, 3.8) is 0 Å². The van der Waals surface area contributed by atoms with Gasteiger partial charge >= 0.3 is 0 Å². The summed E-state index contributed by atoms with van der Waals surface area (Å²) in [6, 6.07) is 5.22. The number of aromatic nitrogens is 3. The van der Waals surface area contributed by atoms with Gasteiger partial charge in [0.15, 0.2) is 5.52 Å². The normalized spacial score (nSPS) is 10.8. The lowest BCUT2D eigenvalue weighted by atomic mass is 10.2. The first-order valence-electron chi connectivity index (χ1n) is 5.97. The van der Waals surface area contributed by atoms with E-state index in [1.54, 1.807) is 12.1 Å². The number of carbonyl (C=O) groups excluding carboxylic acids is 1. The number of nitrogens with one attached hydrogen (secondary N) is 2. The van der Waals surface area contributed by atoms with Crippen molar-refractivity contribution in [3.05, 3.63) is 50.3 Å². The highest BCUT2D eigenvalue weighted by Gasteiger charge is 2.18. The van der Waals surface area contributed by atoms with E-state index in [9.17, 15) is 9.59 Å². The minimum atomic E-state index is -0.369. The molecule has 0 spiro atoms. The largest absolute Gasteiger partial charge is 0.321 e. The molecule has 2 N–H and O–H groups in total. The fraction of sp³-hybridized carbons (Fsp3) is 0.0769. The lowest BCUT2D eigenvalue weighted by Crippen LogP contribution is -2.13. The Morgan fingerprint density at radius 1 is 1.38 bits per heavy atom. The number of aryl methyl sites for hydroxylation is 1. The van der Waals surface area contributed by atoms with Crippen LogP contribution in [0, 0.1) is 6.92 Å². The lowest BCUT2D eigenvalue weighted by molar-refractivity contribution is 0.103. The molecule has 0 aliphatic rings. The van der Waals surface area contributed by atoms with E-state index < -0.39 is 0 Å². The number of nitrogens with zero attached hydrogens (tertiary/aromatic N) is 2. The number of hydrogen-bond acceptors (Lipinski definition) is 5. The van der Waals surface area contributed by atoms with Crippen LogP contribution >= 0.6 is 23.1 Å². The second kappa shape index (κ2) is 5.27. The molecule has 106 valence electrons. The molecule has 0 fully saturated rings. The Bertz CT molecular complexity index is 903. The number of amides is 1. The van der Waals surface area contributed by atoms with Gasteiger partial charge in [-0.1, -0.05) is 17.7 Å². The molecular weight excluding hydrogens is 312 g/mol. The number of benzene rings is 1. The molecule has 0 aliphatic heterocycles. The predicted molar refractivity (Wildman–Crippen MR) is 82.2 cm³/mol. The zero-order valence-electron chi connectivity index (χ0n) is 10.8. The van der Waals surface area contributed by atoms with Crippen molar-refractivity contribution in [1.29, 1.82) is 0 Å². The molecule has 0 atom stereocenters. The monoisotopic (exact) mass is 320 g/mol. The van der Waals surface area contributed by atoms with Crippen molar-refractivity contribution < 1.29 is 4.79 Å². The van der Waals surface area contributed by atoms with Crippen LogP contribution < -0.4 is 10.9 Å². The SMILES string of the molecule is Cc1ccc(Cl)cc1NC(=O)c1snc2c(=O)[nH]cnc12. The second-order valence-corrected chi connectivity index (χ2v) is 5.56. The maximum absolute atomic E-state index is 12.3. The van der Waals surface area contributed by atoms with Crippen LogP contribution in [0.5, 0.6) is 0 Å². The molecule has 21 heavy (non-hydrogen) atoms. The van der Waals surface area contributed by atoms with Crippen LogP contribution in [0.25, 0.3) is 11.0 Å². The smallest absolute Gasteiger partial charge is 0.278 e. The van der Waals surface area contributed by atoms with Gasteiger partial charge in [0.25, 0.3) is 11.5 Å². The Balaban J connectivity index is 2.00. The Kier molecular flexibility index (Phi) is 3.44. The van der Waals surface area contributed by atoms with Gasteiger partial charge in [0.05, 0.1) is 6.33 Å². The zero-order chi connectivity index (χ0) is 15.0. The first kappa shape index (κ1) is 13.7. The molecule has 0 saturated carbocycles. The van der Waals surface area contributed by atoms with Crippen molar-refractivity contribution in [2.45, 2.75) is 6.92 Å². The molecule has 0 radical (unpaired) electrons. The number of fused-ring (bicyclic) bond motifs is 1. The first-order chi connectivity index (χ1) is 10.1. The highest BCUT2D eigenvalue weighted by Crippen LogP contribution is 2.23. The summed E-state index contributed by atoms with van der Waals surface area (Å²) < 4.78 is 3.97. The van der Waals surface area contributed by atoms with Gasteiger partial charge in [-0.2, -0.15) is 4.37 Å². The van der Waals surface area contributed by atoms with Gasteiger partial charge in [0, 0.05) is 10.7 Å². The van der Waals surface area contributed by atoms with E-state index in [1.807, 2.05) is 13.0 Å². The number of aromatic amines is 1. The van der Waals surface area contributed by atoms with E-state index in [0.29, 0.717) is 16.2 Å². The summed E-state index contributed by atoms with van der Waals surface area (Å²) in [4.78, 5) is 30.6. The minimum Gasteiger partial charge on any atom is -0.321 e. The van der Waals surface area contributed by atoms with Crippen LogP contribution in [0.2, 0.25) is 5.02 Å². The fourth-order valence-electron chi connectivity index (χ4n) is 1.83. The Morgan fingerprint density at radius 3 is 3.00 bits per heavy atom. The molecule has 0 saturated heterocycles. The number of rotatable bonds is 2. The maximum atomic E-state index is 12.3. The molecule has 8 heteroatoms. The quantitative estimate of drug-likeness (QED) is 0.759. The van der Waals surface area contributed by atoms with E-state index in [2.05, 4.69) is 19.7 Å². The van der Waals surface area contributed by atoms with Gasteiger partial charge in [-0.15, -0.1) is 0 Å². The molecule has 1 aromatic carbocycles. The highest BCUT2D eigenvalue weighted by atomic mass is 35.5. The Labute approximate surface area is 128 Å². The second-order valence-electron chi connectivity index (χ2n) is 4.35. The average molecular weight is 321 g/mol. The van der Waals surface area contributed by atoms with Gasteiger partial charge in [-0.05, 0) is 36.2 Å². The summed E-state index contributed by atoms with van der Waals surface area (Å²) >= 11 is 6.86. The van der Waals surface area contributed by atoms with E-state index in [0.717, 1.165) is 17.1 Å². The third-order valence-electron chi connectivity index (χ3n) is 2.93. The Hall–Kier alpha value is -2.25. The van der Waals surface area contributed by atoms with Crippen molar-refractivity contribution in [2.75, 3.05) is 5.32 Å². The van der Waals surface area contributed by atoms with Crippen molar-refractivity contribution >= 4 is 45.8 Å². The first-order valence-corrected chi connectivity index (χ1v) is 7.12. The number of hydrogen-bond donors (Lipinski definition) is 2. The highest BCUT2D eigenvalue weighted by molar-refractivity contribution is 7.09. The van der Waals surface area contributed by atoms with Crippen LogP contribution in [-0.2, 0) is 0 Å². The van der Waals surface area contributed by atoms with Gasteiger partial charge in [-0.25, -0.2) is 4.98 Å². The van der Waals surface area contributed by atoms with E-state index in [-0.39, 0.29) is 21.9 Å². The summed E-state index contributed by atoms with van der Waals surface area (Å²) in [7, 11) is 0. The summed E-state index contributed by atoms with van der Waals surface area (Å²) in [5, 5.41) is 3.29. The molecule has 1 amide bonds. The summed E-state index contributed by atoms with van der Waals surface area (Å²) in [5.74, 6) is -0.369. The van der Waals surface area contributed by atoms with Gasteiger partial charge < -0.3 is 10.3 Å². The van der Waals surface area contributed by atoms with E-state index in [4.69, 9.17) is 11.6 Å². The zero-order valence-corrected chi connectivity index (χ0v) is 12.4. The number of H-pyrrole nitrogens is 1. The summed E-state index contributed by atoms with van der Waals surface area (Å²) in [6.07, 6.45) is 1.25. The van der Waals surface area contributed by atoms with Crippen molar-refractivity contribution in [1.82, 2.24) is 14.3 Å². The van der Waals surface area contributed by atoms with Crippen molar-refractivity contribution in [2.24, 2.45) is 0 Å². The molecule has 3 aromatic rings. The third-order valence-corrected chi connectivity index (χ3v) is 4.00. The molecule has 0 bridgehead atoms. The predicted octanol–water partition coefficient (Wildman–Crippen LogP) is 2.59. The van der Waals surface area contributed by atoms with Crippen molar-refractivity contribution in [3.8, 4) is 0 Å². The topological polar surface area (TPSA) is 87.7 Å². The molecular formula is C13H9ClN4O2S. The minimum absolute atomic E-state index is 0.162. The molecule has 0 aliphatic carbocycles. The third kappa shape index (κ3) is 2.53.